The highest BCUT2D eigenvalue weighted by atomic mass is 16.5. The number of aromatic amines is 1. The molecule has 0 aliphatic carbocycles. The fourth-order valence-electron chi connectivity index (χ4n) is 4.18. The van der Waals surface area contributed by atoms with Crippen LogP contribution >= 0.6 is 0 Å². The molecule has 0 fully saturated rings. The Labute approximate surface area is 203 Å². The Balaban J connectivity index is 1.42. The van der Waals surface area contributed by atoms with Gasteiger partial charge in [0.05, 0.1) is 23.5 Å². The van der Waals surface area contributed by atoms with Crippen molar-refractivity contribution in [3.8, 4) is 17.2 Å². The molecule has 4 rings (SSSR count). The monoisotopic (exact) mass is 471 g/mol. The van der Waals surface area contributed by atoms with Crippen molar-refractivity contribution in [1.29, 1.82) is 5.26 Å². The van der Waals surface area contributed by atoms with Crippen LogP contribution in [0.25, 0.3) is 11.1 Å². The number of hydrogen-bond donors (Lipinski definition) is 3. The fourth-order valence-corrected chi connectivity index (χ4v) is 4.18. The number of hydrogen-bond acceptors (Lipinski definition) is 7. The van der Waals surface area contributed by atoms with E-state index in [1.807, 2.05) is 57.4 Å². The average molecular weight is 472 g/mol. The van der Waals surface area contributed by atoms with Gasteiger partial charge in [-0.1, -0.05) is 17.3 Å². The Kier molecular flexibility index (Phi) is 7.43. The minimum atomic E-state index is -0.166. The van der Waals surface area contributed by atoms with E-state index in [2.05, 4.69) is 31.9 Å². The Morgan fingerprint density at radius 1 is 1.20 bits per heavy atom. The van der Waals surface area contributed by atoms with Crippen molar-refractivity contribution < 1.29 is 4.52 Å². The first-order chi connectivity index (χ1) is 16.9. The lowest BCUT2D eigenvalue weighted by Gasteiger charge is -2.19. The van der Waals surface area contributed by atoms with Crippen molar-refractivity contribution in [2.45, 2.75) is 32.7 Å². The maximum absolute atomic E-state index is 12.4. The first-order valence-corrected chi connectivity index (χ1v) is 11.6. The lowest BCUT2D eigenvalue weighted by atomic mass is 10.0. The van der Waals surface area contributed by atoms with Crippen LogP contribution in [0.5, 0.6) is 0 Å². The molecule has 0 saturated heterocycles. The van der Waals surface area contributed by atoms with E-state index in [9.17, 15) is 4.79 Å². The molecule has 3 aromatic heterocycles. The van der Waals surface area contributed by atoms with Crippen molar-refractivity contribution in [2.24, 2.45) is 7.05 Å². The third-order valence-corrected chi connectivity index (χ3v) is 6.01. The number of aryl methyl sites for hydroxylation is 3. The van der Waals surface area contributed by atoms with Gasteiger partial charge in [-0.05, 0) is 57.0 Å². The van der Waals surface area contributed by atoms with Crippen LogP contribution in [0.2, 0.25) is 0 Å². The van der Waals surface area contributed by atoms with E-state index in [1.165, 1.54) is 0 Å². The van der Waals surface area contributed by atoms with Gasteiger partial charge in [-0.3, -0.25) is 9.48 Å². The number of anilines is 1. The first kappa shape index (κ1) is 24.0. The first-order valence-electron chi connectivity index (χ1n) is 11.6. The van der Waals surface area contributed by atoms with E-state index < -0.39 is 0 Å². The van der Waals surface area contributed by atoms with Crippen molar-refractivity contribution in [1.82, 2.24) is 25.2 Å². The molecule has 3 heterocycles. The van der Waals surface area contributed by atoms with Crippen LogP contribution in [0.3, 0.4) is 0 Å². The van der Waals surface area contributed by atoms with Crippen LogP contribution in [0.1, 0.15) is 40.6 Å². The largest absolute Gasteiger partial charge is 0.381 e. The third-order valence-electron chi connectivity index (χ3n) is 6.01. The summed E-state index contributed by atoms with van der Waals surface area (Å²) in [4.78, 5) is 15.2. The van der Waals surface area contributed by atoms with Crippen LogP contribution < -0.4 is 16.2 Å². The molecular formula is C26H29N7O2. The summed E-state index contributed by atoms with van der Waals surface area (Å²) in [6.45, 7) is 5.19. The maximum atomic E-state index is 12.4. The molecule has 0 amide bonds. The number of rotatable bonds is 10. The van der Waals surface area contributed by atoms with Crippen LogP contribution in [0.15, 0.2) is 58.2 Å². The zero-order chi connectivity index (χ0) is 24.8. The van der Waals surface area contributed by atoms with Gasteiger partial charge in [0.2, 0.25) is 0 Å². The van der Waals surface area contributed by atoms with Gasteiger partial charge in [0.25, 0.3) is 5.56 Å². The van der Waals surface area contributed by atoms with Gasteiger partial charge in [0, 0.05) is 48.7 Å². The number of aromatic nitrogens is 4. The maximum Gasteiger partial charge on any atom is 0.271 e. The molecular weight excluding hydrogens is 442 g/mol. The summed E-state index contributed by atoms with van der Waals surface area (Å²) in [5.41, 5.74) is 5.89. The number of nitrogens with zero attached hydrogens (tertiary/aromatic N) is 4. The van der Waals surface area contributed by atoms with Crippen LogP contribution in [0.4, 0.5) is 5.69 Å². The summed E-state index contributed by atoms with van der Waals surface area (Å²) in [6.07, 6.45) is 6.92. The van der Waals surface area contributed by atoms with Gasteiger partial charge in [0.1, 0.15) is 11.4 Å². The highest BCUT2D eigenvalue weighted by Gasteiger charge is 2.20. The standard InChI is InChI=1S/C26H29N7O2/c1-17-25(18(2)35-32-17)23(28-10-8-19-4-6-20(13-27)7-5-19)9-11-29-24-12-21(14-30-26(24)34)22-15-31-33(3)16-22/h4-7,12,14-16,23,28-29H,8-11H2,1-3H3,(H,30,34). The van der Waals surface area contributed by atoms with Gasteiger partial charge in [-0.15, -0.1) is 0 Å². The minimum Gasteiger partial charge on any atom is -0.381 e. The van der Waals surface area contributed by atoms with E-state index in [0.717, 1.165) is 53.1 Å². The highest BCUT2D eigenvalue weighted by molar-refractivity contribution is 5.65. The van der Waals surface area contributed by atoms with Crippen molar-refractivity contribution >= 4 is 5.69 Å². The van der Waals surface area contributed by atoms with Gasteiger partial charge < -0.3 is 20.1 Å². The second-order valence-electron chi connectivity index (χ2n) is 8.55. The second-order valence-corrected chi connectivity index (χ2v) is 8.55. The summed E-state index contributed by atoms with van der Waals surface area (Å²) >= 11 is 0. The van der Waals surface area contributed by atoms with Crippen molar-refractivity contribution in [2.75, 3.05) is 18.4 Å². The van der Waals surface area contributed by atoms with Gasteiger partial charge >= 0.3 is 0 Å². The molecule has 0 bridgehead atoms. The predicted molar refractivity (Wildman–Crippen MR) is 134 cm³/mol. The molecule has 1 unspecified atom stereocenters. The van der Waals surface area contributed by atoms with Crippen molar-refractivity contribution in [3.05, 3.63) is 87.4 Å². The number of nitrogens with one attached hydrogen (secondary N) is 3. The third kappa shape index (κ3) is 5.86. The molecule has 0 aliphatic rings. The smallest absolute Gasteiger partial charge is 0.271 e. The fraction of sp³-hybridized carbons (Fsp3) is 0.308. The Morgan fingerprint density at radius 2 is 2.00 bits per heavy atom. The number of pyridine rings is 1. The molecule has 3 N–H and O–H groups in total. The molecule has 4 aromatic rings. The summed E-state index contributed by atoms with van der Waals surface area (Å²) < 4.78 is 7.14. The van der Waals surface area contributed by atoms with E-state index in [0.29, 0.717) is 17.8 Å². The summed E-state index contributed by atoms with van der Waals surface area (Å²) in [5.74, 6) is 0.787. The van der Waals surface area contributed by atoms with E-state index in [-0.39, 0.29) is 11.6 Å². The summed E-state index contributed by atoms with van der Waals surface area (Å²) in [5, 5.41) is 24.2. The molecule has 9 heteroatoms. The van der Waals surface area contributed by atoms with E-state index in [1.54, 1.807) is 17.1 Å². The molecule has 0 aliphatic heterocycles. The molecule has 0 spiro atoms. The molecule has 1 atom stereocenters. The van der Waals surface area contributed by atoms with Gasteiger partial charge in [-0.25, -0.2) is 0 Å². The topological polar surface area (TPSA) is 125 Å². The molecule has 180 valence electrons. The zero-order valence-corrected chi connectivity index (χ0v) is 20.1. The van der Waals surface area contributed by atoms with Crippen LogP contribution in [-0.2, 0) is 13.5 Å². The van der Waals surface area contributed by atoms with E-state index >= 15 is 0 Å². The zero-order valence-electron chi connectivity index (χ0n) is 20.1. The Morgan fingerprint density at radius 3 is 2.66 bits per heavy atom. The molecule has 0 saturated carbocycles. The Bertz CT molecular complexity index is 1360. The average Bonchev–Trinajstić information content (AvgIpc) is 3.44. The quantitative estimate of drug-likeness (QED) is 0.323. The van der Waals surface area contributed by atoms with E-state index in [4.69, 9.17) is 9.78 Å². The number of benzene rings is 1. The number of nitriles is 1. The summed E-state index contributed by atoms with van der Waals surface area (Å²) in [7, 11) is 1.86. The summed E-state index contributed by atoms with van der Waals surface area (Å²) in [6, 6.07) is 11.6. The Hall–Kier alpha value is -4.16. The SMILES string of the molecule is Cc1noc(C)c1C(CCNc1cc(-c2cnn(C)c2)c[nH]c1=O)NCCc1ccc(C#N)cc1. The highest BCUT2D eigenvalue weighted by Crippen LogP contribution is 2.25. The van der Waals surface area contributed by atoms with Gasteiger partial charge in [0.15, 0.2) is 0 Å². The second kappa shape index (κ2) is 10.8. The molecule has 0 radical (unpaired) electrons. The molecule has 35 heavy (non-hydrogen) atoms. The normalized spacial score (nSPS) is 11.8. The van der Waals surface area contributed by atoms with Gasteiger partial charge in [-0.2, -0.15) is 10.4 Å². The van der Waals surface area contributed by atoms with Crippen molar-refractivity contribution in [3.63, 3.8) is 0 Å². The predicted octanol–water partition coefficient (Wildman–Crippen LogP) is 3.63. The van der Waals surface area contributed by atoms with Crippen LogP contribution in [0, 0.1) is 25.2 Å². The molecule has 9 nitrogen and oxygen atoms in total. The lowest BCUT2D eigenvalue weighted by Crippen LogP contribution is -2.27. The lowest BCUT2D eigenvalue weighted by molar-refractivity contribution is 0.389. The molecule has 1 aromatic carbocycles. The number of H-pyrrole nitrogens is 1. The minimum absolute atomic E-state index is 0.00715. The van der Waals surface area contributed by atoms with Crippen LogP contribution in [-0.4, -0.2) is 33.0 Å².